The molecule has 2 rings (SSSR count). The average Bonchev–Trinajstić information content (AvgIpc) is 2.91. The van der Waals surface area contributed by atoms with E-state index in [1.807, 2.05) is 12.3 Å². The largest absolute Gasteiger partial charge is 0.359 e. The third-order valence-corrected chi connectivity index (χ3v) is 2.13. The summed E-state index contributed by atoms with van der Waals surface area (Å²) in [4.78, 5) is 0. The SMILES string of the molecule is CCCNCc1cn(Cc2ccno2)nn1. The Labute approximate surface area is 93.6 Å². The van der Waals surface area contributed by atoms with Gasteiger partial charge in [0.15, 0.2) is 5.76 Å². The van der Waals surface area contributed by atoms with Crippen LogP contribution in [0.5, 0.6) is 0 Å². The molecule has 2 heterocycles. The Morgan fingerprint density at radius 1 is 1.50 bits per heavy atom. The van der Waals surface area contributed by atoms with Crippen LogP contribution in [-0.4, -0.2) is 26.7 Å². The summed E-state index contributed by atoms with van der Waals surface area (Å²) in [5.41, 5.74) is 0.938. The van der Waals surface area contributed by atoms with E-state index in [9.17, 15) is 0 Å². The molecule has 0 radical (unpaired) electrons. The van der Waals surface area contributed by atoms with Crippen molar-refractivity contribution in [2.45, 2.75) is 26.4 Å². The summed E-state index contributed by atoms with van der Waals surface area (Å²) in [6.45, 7) is 4.45. The van der Waals surface area contributed by atoms with Gasteiger partial charge < -0.3 is 9.84 Å². The Morgan fingerprint density at radius 2 is 2.44 bits per heavy atom. The lowest BCUT2D eigenvalue weighted by Crippen LogP contribution is -2.13. The molecule has 0 fully saturated rings. The molecule has 6 heteroatoms. The van der Waals surface area contributed by atoms with Crippen LogP contribution < -0.4 is 5.32 Å². The van der Waals surface area contributed by atoms with Crippen molar-refractivity contribution >= 4 is 0 Å². The first-order valence-electron chi connectivity index (χ1n) is 5.37. The lowest BCUT2D eigenvalue weighted by atomic mass is 10.4. The van der Waals surface area contributed by atoms with E-state index in [-0.39, 0.29) is 0 Å². The van der Waals surface area contributed by atoms with E-state index in [2.05, 4.69) is 27.7 Å². The van der Waals surface area contributed by atoms with Crippen molar-refractivity contribution in [3.05, 3.63) is 29.9 Å². The van der Waals surface area contributed by atoms with Gasteiger partial charge in [0.25, 0.3) is 0 Å². The van der Waals surface area contributed by atoms with Crippen molar-refractivity contribution < 1.29 is 4.52 Å². The van der Waals surface area contributed by atoms with Gasteiger partial charge in [0.05, 0.1) is 18.1 Å². The van der Waals surface area contributed by atoms with Gasteiger partial charge in [0.2, 0.25) is 0 Å². The highest BCUT2D eigenvalue weighted by Crippen LogP contribution is 2.00. The highest BCUT2D eigenvalue weighted by Gasteiger charge is 2.03. The molecule has 0 spiro atoms. The molecule has 0 aromatic carbocycles. The van der Waals surface area contributed by atoms with E-state index in [4.69, 9.17) is 4.52 Å². The van der Waals surface area contributed by atoms with Crippen LogP contribution in [0, 0.1) is 0 Å². The van der Waals surface area contributed by atoms with Crippen LogP contribution in [0.4, 0.5) is 0 Å². The third-order valence-electron chi connectivity index (χ3n) is 2.13. The quantitative estimate of drug-likeness (QED) is 0.731. The van der Waals surface area contributed by atoms with Crippen LogP contribution >= 0.6 is 0 Å². The van der Waals surface area contributed by atoms with Gasteiger partial charge >= 0.3 is 0 Å². The summed E-state index contributed by atoms with van der Waals surface area (Å²) in [6, 6.07) is 1.82. The first-order valence-corrected chi connectivity index (χ1v) is 5.37. The minimum absolute atomic E-state index is 0.570. The average molecular weight is 221 g/mol. The predicted octanol–water partition coefficient (Wildman–Crippen LogP) is 0.814. The number of nitrogens with one attached hydrogen (secondary N) is 1. The van der Waals surface area contributed by atoms with Crippen LogP contribution in [0.1, 0.15) is 24.8 Å². The monoisotopic (exact) mass is 221 g/mol. The zero-order valence-corrected chi connectivity index (χ0v) is 9.26. The fourth-order valence-corrected chi connectivity index (χ4v) is 1.37. The number of rotatable bonds is 6. The van der Waals surface area contributed by atoms with Gasteiger partial charge in [-0.1, -0.05) is 17.3 Å². The number of aromatic nitrogens is 4. The molecule has 1 N–H and O–H groups in total. The summed E-state index contributed by atoms with van der Waals surface area (Å²) in [6.07, 6.45) is 4.65. The highest BCUT2D eigenvalue weighted by molar-refractivity contribution is 4.97. The summed E-state index contributed by atoms with van der Waals surface area (Å²) in [7, 11) is 0. The maximum absolute atomic E-state index is 4.99. The molecular formula is C10H15N5O. The van der Waals surface area contributed by atoms with E-state index >= 15 is 0 Å². The summed E-state index contributed by atoms with van der Waals surface area (Å²) in [5, 5.41) is 15.0. The molecule has 0 saturated carbocycles. The lowest BCUT2D eigenvalue weighted by molar-refractivity contribution is 0.370. The molecular weight excluding hydrogens is 206 g/mol. The van der Waals surface area contributed by atoms with Crippen LogP contribution in [0.3, 0.4) is 0 Å². The maximum Gasteiger partial charge on any atom is 0.158 e. The first-order chi connectivity index (χ1) is 7.88. The smallest absolute Gasteiger partial charge is 0.158 e. The molecule has 0 atom stereocenters. The Kier molecular flexibility index (Phi) is 3.66. The topological polar surface area (TPSA) is 68.8 Å². The van der Waals surface area contributed by atoms with Crippen LogP contribution in [0.15, 0.2) is 23.0 Å². The molecule has 0 saturated heterocycles. The Bertz CT molecular complexity index is 409. The molecule has 0 unspecified atom stereocenters. The van der Waals surface area contributed by atoms with Crippen LogP contribution in [-0.2, 0) is 13.1 Å². The van der Waals surface area contributed by atoms with E-state index in [0.29, 0.717) is 6.54 Å². The third kappa shape index (κ3) is 2.90. The standard InChI is InChI=1S/C10H15N5O/c1-2-4-11-6-9-7-15(14-13-9)8-10-3-5-12-16-10/h3,5,7,11H,2,4,6,8H2,1H3. The normalized spacial score (nSPS) is 10.8. The van der Waals surface area contributed by atoms with Crippen molar-refractivity contribution in [3.8, 4) is 0 Å². The predicted molar refractivity (Wildman–Crippen MR) is 57.6 cm³/mol. The van der Waals surface area contributed by atoms with E-state index in [1.54, 1.807) is 10.9 Å². The molecule has 86 valence electrons. The van der Waals surface area contributed by atoms with Crippen LogP contribution in [0.2, 0.25) is 0 Å². The van der Waals surface area contributed by atoms with E-state index in [1.165, 1.54) is 0 Å². The molecule has 2 aromatic rings. The molecule has 16 heavy (non-hydrogen) atoms. The lowest BCUT2D eigenvalue weighted by Gasteiger charge is -1.97. The van der Waals surface area contributed by atoms with Crippen molar-refractivity contribution in [3.63, 3.8) is 0 Å². The molecule has 6 nitrogen and oxygen atoms in total. The zero-order chi connectivity index (χ0) is 11.2. The van der Waals surface area contributed by atoms with Crippen molar-refractivity contribution in [2.75, 3.05) is 6.54 Å². The van der Waals surface area contributed by atoms with Crippen molar-refractivity contribution in [2.24, 2.45) is 0 Å². The summed E-state index contributed by atoms with van der Waals surface area (Å²) >= 11 is 0. The van der Waals surface area contributed by atoms with E-state index in [0.717, 1.165) is 31.0 Å². The zero-order valence-electron chi connectivity index (χ0n) is 9.26. The van der Waals surface area contributed by atoms with Gasteiger partial charge in [0, 0.05) is 12.6 Å². The fourth-order valence-electron chi connectivity index (χ4n) is 1.37. The maximum atomic E-state index is 4.99. The van der Waals surface area contributed by atoms with Gasteiger partial charge in [-0.05, 0) is 13.0 Å². The second-order valence-corrected chi connectivity index (χ2v) is 3.56. The van der Waals surface area contributed by atoms with E-state index < -0.39 is 0 Å². The molecule has 0 aliphatic carbocycles. The molecule has 0 aliphatic rings. The minimum atomic E-state index is 0.570. The molecule has 2 aromatic heterocycles. The van der Waals surface area contributed by atoms with Gasteiger partial charge in [-0.2, -0.15) is 0 Å². The Balaban J connectivity index is 1.87. The van der Waals surface area contributed by atoms with Gasteiger partial charge in [-0.25, -0.2) is 4.68 Å². The van der Waals surface area contributed by atoms with Crippen molar-refractivity contribution in [1.29, 1.82) is 0 Å². The van der Waals surface area contributed by atoms with Gasteiger partial charge in [-0.15, -0.1) is 5.10 Å². The van der Waals surface area contributed by atoms with Gasteiger partial charge in [0.1, 0.15) is 6.54 Å². The molecule has 0 amide bonds. The number of nitrogens with zero attached hydrogens (tertiary/aromatic N) is 4. The first kappa shape index (κ1) is 10.8. The summed E-state index contributed by atoms with van der Waals surface area (Å²) in [5.74, 6) is 0.776. The van der Waals surface area contributed by atoms with Crippen LogP contribution in [0.25, 0.3) is 0 Å². The Hall–Kier alpha value is -1.69. The number of hydrogen-bond acceptors (Lipinski definition) is 5. The second-order valence-electron chi connectivity index (χ2n) is 3.56. The molecule has 0 aliphatic heterocycles. The minimum Gasteiger partial charge on any atom is -0.359 e. The van der Waals surface area contributed by atoms with Crippen molar-refractivity contribution in [1.82, 2.24) is 25.5 Å². The number of hydrogen-bond donors (Lipinski definition) is 1. The fraction of sp³-hybridized carbons (Fsp3) is 0.500. The molecule has 0 bridgehead atoms. The summed E-state index contributed by atoms with van der Waals surface area (Å²) < 4.78 is 6.73. The Morgan fingerprint density at radius 3 is 3.19 bits per heavy atom. The second kappa shape index (κ2) is 5.41. The van der Waals surface area contributed by atoms with Gasteiger partial charge in [-0.3, -0.25) is 0 Å². The highest BCUT2D eigenvalue weighted by atomic mass is 16.5.